The molecule has 0 aromatic heterocycles. The van der Waals surface area contributed by atoms with E-state index in [9.17, 15) is 4.79 Å². The second-order valence-corrected chi connectivity index (χ2v) is 6.27. The van der Waals surface area contributed by atoms with Gasteiger partial charge in [0, 0.05) is 5.56 Å². The third kappa shape index (κ3) is 2.83. The summed E-state index contributed by atoms with van der Waals surface area (Å²) in [4.78, 5) is 16.8. The maximum absolute atomic E-state index is 12.3. The zero-order valence-corrected chi connectivity index (χ0v) is 14.3. The van der Waals surface area contributed by atoms with E-state index in [4.69, 9.17) is 14.2 Å². The molecular weight excluding hydrogens is 342 g/mol. The maximum Gasteiger partial charge on any atom is 0.363 e. The molecule has 0 radical (unpaired) electrons. The molecule has 0 spiro atoms. The van der Waals surface area contributed by atoms with Crippen LogP contribution in [0.3, 0.4) is 0 Å². The van der Waals surface area contributed by atoms with Crippen LogP contribution in [0.15, 0.2) is 71.4 Å². The summed E-state index contributed by atoms with van der Waals surface area (Å²) in [6, 6.07) is 19.3. The number of hydrogen-bond donors (Lipinski definition) is 0. The summed E-state index contributed by atoms with van der Waals surface area (Å²) in [5.41, 5.74) is 1.86. The Kier molecular flexibility index (Phi) is 3.64. The van der Waals surface area contributed by atoms with Crippen LogP contribution in [0.2, 0.25) is 0 Å². The minimum atomic E-state index is -0.465. The minimum Gasteiger partial charge on any atom is -0.486 e. The van der Waals surface area contributed by atoms with Crippen LogP contribution in [-0.4, -0.2) is 25.1 Å². The topological polar surface area (TPSA) is 57.1 Å². The molecule has 0 atom stereocenters. The van der Waals surface area contributed by atoms with Gasteiger partial charge in [0.05, 0.1) is 0 Å². The molecule has 0 fully saturated rings. The Hall–Kier alpha value is -3.60. The first-order valence-corrected chi connectivity index (χ1v) is 8.68. The van der Waals surface area contributed by atoms with E-state index in [1.54, 1.807) is 6.08 Å². The van der Waals surface area contributed by atoms with Gasteiger partial charge in [-0.15, -0.1) is 0 Å². The maximum atomic E-state index is 12.3. The lowest BCUT2D eigenvalue weighted by atomic mass is 10.0. The lowest BCUT2D eigenvalue weighted by molar-refractivity contribution is -0.129. The summed E-state index contributed by atoms with van der Waals surface area (Å²) in [6.45, 7) is 1.05. The Morgan fingerprint density at radius 3 is 2.63 bits per heavy atom. The number of ether oxygens (including phenoxy) is 3. The average Bonchev–Trinajstić information content (AvgIpc) is 3.07. The van der Waals surface area contributed by atoms with Crippen LogP contribution in [0.1, 0.15) is 11.1 Å². The number of esters is 1. The van der Waals surface area contributed by atoms with Crippen LogP contribution in [0.25, 0.3) is 16.8 Å². The molecule has 5 nitrogen and oxygen atoms in total. The Labute approximate surface area is 155 Å². The Morgan fingerprint density at radius 2 is 1.70 bits per heavy atom. The lowest BCUT2D eigenvalue weighted by Crippen LogP contribution is -2.15. The monoisotopic (exact) mass is 357 g/mol. The average molecular weight is 357 g/mol. The number of rotatable bonds is 2. The van der Waals surface area contributed by atoms with Crippen LogP contribution >= 0.6 is 0 Å². The van der Waals surface area contributed by atoms with Crippen molar-refractivity contribution in [3.8, 4) is 11.5 Å². The number of nitrogens with zero attached hydrogens (tertiary/aromatic N) is 1. The molecule has 5 rings (SSSR count). The van der Waals surface area contributed by atoms with Crippen molar-refractivity contribution >= 4 is 28.7 Å². The number of carbonyl (C=O) groups is 1. The first kappa shape index (κ1) is 15.6. The Bertz CT molecular complexity index is 1120. The standard InChI is InChI=1S/C22H15NO4/c24-22-18(12-14-8-9-19-20(13-14)26-11-10-25-19)23-21(27-22)17-7-3-5-15-4-1-2-6-16(15)17/h1-9,12-13H,10-11H2/b18-12+. The van der Waals surface area contributed by atoms with Crippen LogP contribution in [-0.2, 0) is 9.53 Å². The Balaban J connectivity index is 1.53. The van der Waals surface area contributed by atoms with Gasteiger partial charge in [-0.25, -0.2) is 9.79 Å². The van der Waals surface area contributed by atoms with Crippen molar-refractivity contribution in [2.45, 2.75) is 0 Å². The molecule has 2 heterocycles. The van der Waals surface area contributed by atoms with E-state index in [-0.39, 0.29) is 5.70 Å². The highest BCUT2D eigenvalue weighted by Gasteiger charge is 2.25. The number of aliphatic imine (C=N–C) groups is 1. The summed E-state index contributed by atoms with van der Waals surface area (Å²) >= 11 is 0. The first-order chi connectivity index (χ1) is 13.3. The zero-order chi connectivity index (χ0) is 18.2. The molecule has 0 saturated carbocycles. The summed E-state index contributed by atoms with van der Waals surface area (Å²) < 4.78 is 16.5. The van der Waals surface area contributed by atoms with Gasteiger partial charge in [0.1, 0.15) is 13.2 Å². The van der Waals surface area contributed by atoms with E-state index in [1.165, 1.54) is 0 Å². The third-order valence-corrected chi connectivity index (χ3v) is 4.51. The summed E-state index contributed by atoms with van der Waals surface area (Å²) in [7, 11) is 0. The predicted molar refractivity (Wildman–Crippen MR) is 102 cm³/mol. The van der Waals surface area contributed by atoms with Crippen molar-refractivity contribution < 1.29 is 19.0 Å². The van der Waals surface area contributed by atoms with Gasteiger partial charge in [0.2, 0.25) is 5.90 Å². The van der Waals surface area contributed by atoms with Crippen molar-refractivity contribution in [1.29, 1.82) is 0 Å². The molecule has 2 aliphatic rings. The van der Waals surface area contributed by atoms with Crippen molar-refractivity contribution in [2.75, 3.05) is 13.2 Å². The van der Waals surface area contributed by atoms with Gasteiger partial charge in [-0.05, 0) is 40.6 Å². The van der Waals surface area contributed by atoms with Gasteiger partial charge in [-0.2, -0.15) is 0 Å². The molecule has 3 aromatic carbocycles. The molecule has 5 heteroatoms. The van der Waals surface area contributed by atoms with Crippen LogP contribution < -0.4 is 9.47 Å². The van der Waals surface area contributed by atoms with Crippen molar-refractivity contribution in [3.05, 3.63) is 77.5 Å². The van der Waals surface area contributed by atoms with E-state index in [2.05, 4.69) is 4.99 Å². The number of hydrogen-bond acceptors (Lipinski definition) is 5. The molecule has 0 bridgehead atoms. The largest absolute Gasteiger partial charge is 0.486 e. The molecular formula is C22H15NO4. The summed E-state index contributed by atoms with van der Waals surface area (Å²) in [5.74, 6) is 1.23. The highest BCUT2D eigenvalue weighted by Crippen LogP contribution is 2.32. The van der Waals surface area contributed by atoms with Crippen LogP contribution in [0.5, 0.6) is 11.5 Å². The molecule has 0 N–H and O–H groups in total. The molecule has 0 unspecified atom stereocenters. The van der Waals surface area contributed by atoms with Gasteiger partial charge >= 0.3 is 5.97 Å². The highest BCUT2D eigenvalue weighted by atomic mass is 16.6. The van der Waals surface area contributed by atoms with Gasteiger partial charge in [0.25, 0.3) is 0 Å². The van der Waals surface area contributed by atoms with Gasteiger partial charge in [-0.1, -0.05) is 42.5 Å². The first-order valence-electron chi connectivity index (χ1n) is 8.68. The van der Waals surface area contributed by atoms with Gasteiger partial charge in [-0.3, -0.25) is 0 Å². The summed E-state index contributed by atoms with van der Waals surface area (Å²) in [5, 5.41) is 2.06. The van der Waals surface area contributed by atoms with E-state index < -0.39 is 5.97 Å². The fourth-order valence-corrected chi connectivity index (χ4v) is 3.24. The molecule has 3 aromatic rings. The third-order valence-electron chi connectivity index (χ3n) is 4.51. The second kappa shape index (κ2) is 6.29. The Morgan fingerprint density at radius 1 is 0.889 bits per heavy atom. The SMILES string of the molecule is O=C1OC(c2cccc3ccccc23)=N/C1=C/c1ccc2c(c1)OCCO2. The molecule has 0 aliphatic carbocycles. The van der Waals surface area contributed by atoms with E-state index >= 15 is 0 Å². The molecule has 2 aliphatic heterocycles. The van der Waals surface area contributed by atoms with Crippen LogP contribution in [0, 0.1) is 0 Å². The molecule has 0 saturated heterocycles. The molecule has 0 amide bonds. The number of cyclic esters (lactones) is 1. The van der Waals surface area contributed by atoms with E-state index in [0.717, 1.165) is 21.9 Å². The summed E-state index contributed by atoms with van der Waals surface area (Å²) in [6.07, 6.45) is 1.69. The van der Waals surface area contributed by atoms with Gasteiger partial charge in [0.15, 0.2) is 17.2 Å². The number of fused-ring (bicyclic) bond motifs is 2. The van der Waals surface area contributed by atoms with Crippen LogP contribution in [0.4, 0.5) is 0 Å². The number of carbonyl (C=O) groups excluding carboxylic acids is 1. The van der Waals surface area contributed by atoms with Crippen molar-refractivity contribution in [1.82, 2.24) is 0 Å². The van der Waals surface area contributed by atoms with E-state index in [1.807, 2.05) is 60.7 Å². The number of benzene rings is 3. The highest BCUT2D eigenvalue weighted by molar-refractivity contribution is 6.17. The fourth-order valence-electron chi connectivity index (χ4n) is 3.24. The smallest absolute Gasteiger partial charge is 0.363 e. The predicted octanol–water partition coefficient (Wildman–Crippen LogP) is 3.96. The van der Waals surface area contributed by atoms with Crippen molar-refractivity contribution in [2.24, 2.45) is 4.99 Å². The zero-order valence-electron chi connectivity index (χ0n) is 14.3. The molecule has 27 heavy (non-hydrogen) atoms. The van der Waals surface area contributed by atoms with Gasteiger partial charge < -0.3 is 14.2 Å². The van der Waals surface area contributed by atoms with E-state index in [0.29, 0.717) is 30.6 Å². The quantitative estimate of drug-likeness (QED) is 0.515. The van der Waals surface area contributed by atoms with Crippen molar-refractivity contribution in [3.63, 3.8) is 0 Å². The lowest BCUT2D eigenvalue weighted by Gasteiger charge is -2.18. The fraction of sp³-hybridized carbons (Fsp3) is 0.0909. The minimum absolute atomic E-state index is 0.259. The normalized spacial score (nSPS) is 17.1. The molecule has 132 valence electrons. The second-order valence-electron chi connectivity index (χ2n) is 6.27.